The minimum absolute atomic E-state index is 0.154. The van der Waals surface area contributed by atoms with Gasteiger partial charge in [0.1, 0.15) is 11.4 Å². The molecule has 2 bridgehead atoms. The summed E-state index contributed by atoms with van der Waals surface area (Å²) in [5, 5.41) is 25.4. The second-order valence-corrected chi connectivity index (χ2v) is 8.48. The molecule has 0 radical (unpaired) electrons. The van der Waals surface area contributed by atoms with E-state index in [1.54, 1.807) is 14.0 Å². The number of methoxy groups -OCH3 is 2. The fraction of sp³-hybridized carbons (Fsp3) is 0.571. The Hall–Kier alpha value is -2.09. The summed E-state index contributed by atoms with van der Waals surface area (Å²) in [7, 11) is 3.02. The topological polar surface area (TPSA) is 91.3 Å². The lowest BCUT2D eigenvalue weighted by Crippen LogP contribution is -2.66. The normalized spacial score (nSPS) is 36.5. The number of anilines is 1. The Morgan fingerprint density at radius 3 is 2.86 bits per heavy atom. The molecule has 150 valence electrons. The Balaban J connectivity index is 1.79. The van der Waals surface area contributed by atoms with Gasteiger partial charge in [0.25, 0.3) is 0 Å². The number of ether oxygens (including phenoxy) is 2. The van der Waals surface area contributed by atoms with E-state index in [0.717, 1.165) is 35.7 Å². The van der Waals surface area contributed by atoms with Gasteiger partial charge in [0.05, 0.1) is 31.3 Å². The first-order chi connectivity index (χ1) is 13.4. The monoisotopic (exact) mass is 386 g/mol. The van der Waals surface area contributed by atoms with Crippen molar-refractivity contribution in [3.63, 3.8) is 0 Å². The molecule has 3 aliphatic heterocycles. The fourth-order valence-corrected chi connectivity index (χ4v) is 6.10. The van der Waals surface area contributed by atoms with Crippen LogP contribution in [0.25, 0.3) is 0 Å². The van der Waals surface area contributed by atoms with Gasteiger partial charge < -0.3 is 25.0 Å². The van der Waals surface area contributed by atoms with Crippen molar-refractivity contribution in [3.8, 4) is 5.75 Å². The van der Waals surface area contributed by atoms with Crippen molar-refractivity contribution in [3.05, 3.63) is 35.0 Å². The number of nitrogens with one attached hydrogen (secondary N) is 1. The second kappa shape index (κ2) is 5.72. The maximum atomic E-state index is 12.9. The van der Waals surface area contributed by atoms with E-state index in [4.69, 9.17) is 9.47 Å². The molecule has 5 unspecified atom stereocenters. The molecule has 5 rings (SSSR count). The quantitative estimate of drug-likeness (QED) is 0.668. The molecule has 0 aromatic heterocycles. The molecule has 28 heavy (non-hydrogen) atoms. The summed E-state index contributed by atoms with van der Waals surface area (Å²) < 4.78 is 10.6. The van der Waals surface area contributed by atoms with Gasteiger partial charge in [0.2, 0.25) is 0 Å². The number of nitrogens with zero attached hydrogens (tertiary/aromatic N) is 1. The number of hydrogen-bond donors (Lipinski definition) is 3. The molecule has 3 N–H and O–H groups in total. The van der Waals surface area contributed by atoms with Crippen LogP contribution in [0.3, 0.4) is 0 Å². The van der Waals surface area contributed by atoms with E-state index in [9.17, 15) is 15.0 Å². The van der Waals surface area contributed by atoms with E-state index in [-0.39, 0.29) is 11.5 Å². The molecule has 2 saturated heterocycles. The van der Waals surface area contributed by atoms with Crippen LogP contribution in [0, 0.1) is 5.92 Å². The van der Waals surface area contributed by atoms with Crippen LogP contribution < -0.4 is 10.1 Å². The first kappa shape index (κ1) is 18.0. The highest BCUT2D eigenvalue weighted by molar-refractivity contribution is 5.94. The number of carbonyl (C=O) groups excluding carboxylic acids is 1. The van der Waals surface area contributed by atoms with Crippen molar-refractivity contribution in [1.82, 2.24) is 4.90 Å². The number of piperidine rings is 1. The number of esters is 1. The molecule has 1 aliphatic carbocycles. The standard InChI is InChI=1S/C21H26N2O5/c1-11(24)21(26)10-23-7-6-20-13-8-12(27-2)4-5-15(13)22-18(20)17(19(25)28-3)14(21)9-16(20)23/h4-5,8,11,14,16,22,24,26H,6-7,9-10H2,1-3H3. The molecule has 4 aliphatic rings. The molecule has 7 heteroatoms. The number of aliphatic hydroxyl groups excluding tert-OH is 1. The zero-order valence-corrected chi connectivity index (χ0v) is 16.4. The van der Waals surface area contributed by atoms with E-state index in [1.807, 2.05) is 12.1 Å². The SMILES string of the molecule is COC(=O)C1=C2Nc3ccc(OC)cc3C23CCN2CC(O)(C(C)O)C1CC23. The van der Waals surface area contributed by atoms with Crippen LogP contribution in [0.5, 0.6) is 5.75 Å². The van der Waals surface area contributed by atoms with Crippen molar-refractivity contribution in [2.24, 2.45) is 5.92 Å². The third-order valence-electron chi connectivity index (χ3n) is 7.48. The van der Waals surface area contributed by atoms with Crippen molar-refractivity contribution < 1.29 is 24.5 Å². The fourth-order valence-electron chi connectivity index (χ4n) is 6.10. The molecular formula is C21H26N2O5. The van der Waals surface area contributed by atoms with E-state index in [0.29, 0.717) is 18.5 Å². The second-order valence-electron chi connectivity index (χ2n) is 8.48. The Morgan fingerprint density at radius 2 is 2.18 bits per heavy atom. The first-order valence-corrected chi connectivity index (χ1v) is 9.80. The molecule has 7 nitrogen and oxygen atoms in total. The van der Waals surface area contributed by atoms with Gasteiger partial charge in [-0.25, -0.2) is 4.79 Å². The first-order valence-electron chi connectivity index (χ1n) is 9.80. The van der Waals surface area contributed by atoms with E-state index in [2.05, 4.69) is 16.3 Å². The molecular weight excluding hydrogens is 360 g/mol. The number of aliphatic hydroxyl groups is 2. The number of benzene rings is 1. The van der Waals surface area contributed by atoms with E-state index < -0.39 is 23.6 Å². The lowest BCUT2D eigenvalue weighted by Gasteiger charge is -2.54. The van der Waals surface area contributed by atoms with Crippen molar-refractivity contribution >= 4 is 11.7 Å². The Bertz CT molecular complexity index is 897. The van der Waals surface area contributed by atoms with Crippen LogP contribution in [0.2, 0.25) is 0 Å². The third kappa shape index (κ3) is 1.97. The lowest BCUT2D eigenvalue weighted by atomic mass is 9.58. The van der Waals surface area contributed by atoms with Gasteiger partial charge in [-0.1, -0.05) is 0 Å². The van der Waals surface area contributed by atoms with Crippen molar-refractivity contribution in [2.45, 2.75) is 42.9 Å². The zero-order chi connectivity index (χ0) is 19.8. The minimum atomic E-state index is -1.39. The number of carbonyl (C=O) groups is 1. The molecule has 2 fully saturated rings. The van der Waals surface area contributed by atoms with Gasteiger partial charge in [-0.15, -0.1) is 0 Å². The molecule has 1 aromatic rings. The number of hydrogen-bond acceptors (Lipinski definition) is 7. The highest BCUT2D eigenvalue weighted by atomic mass is 16.5. The number of rotatable bonds is 3. The summed E-state index contributed by atoms with van der Waals surface area (Å²) in [6.45, 7) is 2.73. The Kier molecular flexibility index (Phi) is 3.67. The van der Waals surface area contributed by atoms with Gasteiger partial charge >= 0.3 is 5.97 Å². The van der Waals surface area contributed by atoms with Crippen LogP contribution in [-0.2, 0) is 14.9 Å². The molecule has 0 saturated carbocycles. The van der Waals surface area contributed by atoms with Gasteiger partial charge in [0.15, 0.2) is 0 Å². The van der Waals surface area contributed by atoms with Crippen LogP contribution in [-0.4, -0.2) is 66.1 Å². The van der Waals surface area contributed by atoms with E-state index in [1.165, 1.54) is 7.11 Å². The Labute approximate surface area is 163 Å². The maximum absolute atomic E-state index is 12.9. The van der Waals surface area contributed by atoms with Crippen molar-refractivity contribution in [2.75, 3.05) is 32.6 Å². The molecule has 0 amide bonds. The summed E-state index contributed by atoms with van der Waals surface area (Å²) in [5.74, 6) is -0.136. The predicted octanol–water partition coefficient (Wildman–Crippen LogP) is 1.01. The summed E-state index contributed by atoms with van der Waals surface area (Å²) in [5.41, 5.74) is 1.66. The molecule has 1 aromatic carbocycles. The van der Waals surface area contributed by atoms with Crippen LogP contribution in [0.15, 0.2) is 29.5 Å². The van der Waals surface area contributed by atoms with Crippen LogP contribution in [0.1, 0.15) is 25.3 Å². The lowest BCUT2D eigenvalue weighted by molar-refractivity contribution is -0.157. The summed E-state index contributed by atoms with van der Waals surface area (Å²) in [6, 6.07) is 6.10. The third-order valence-corrected chi connectivity index (χ3v) is 7.48. The maximum Gasteiger partial charge on any atom is 0.335 e. The number of fused-ring (bicyclic) bond motifs is 2. The molecule has 3 heterocycles. The summed E-state index contributed by atoms with van der Waals surface area (Å²) >= 11 is 0. The average molecular weight is 386 g/mol. The van der Waals surface area contributed by atoms with Crippen LogP contribution in [0.4, 0.5) is 5.69 Å². The Morgan fingerprint density at radius 1 is 1.39 bits per heavy atom. The van der Waals surface area contributed by atoms with Gasteiger partial charge in [-0.05, 0) is 50.1 Å². The van der Waals surface area contributed by atoms with E-state index >= 15 is 0 Å². The van der Waals surface area contributed by atoms with Crippen molar-refractivity contribution in [1.29, 1.82) is 0 Å². The van der Waals surface area contributed by atoms with Gasteiger partial charge in [0, 0.05) is 29.9 Å². The van der Waals surface area contributed by atoms with Gasteiger partial charge in [-0.2, -0.15) is 0 Å². The highest BCUT2D eigenvalue weighted by Crippen LogP contribution is 2.62. The molecule has 5 atom stereocenters. The largest absolute Gasteiger partial charge is 0.497 e. The zero-order valence-electron chi connectivity index (χ0n) is 16.4. The smallest absolute Gasteiger partial charge is 0.335 e. The van der Waals surface area contributed by atoms with Crippen LogP contribution >= 0.6 is 0 Å². The average Bonchev–Trinajstić information content (AvgIpc) is 3.23. The molecule has 1 spiro atoms. The summed E-state index contributed by atoms with van der Waals surface area (Å²) in [6.07, 6.45) is 0.479. The minimum Gasteiger partial charge on any atom is -0.497 e. The summed E-state index contributed by atoms with van der Waals surface area (Å²) in [4.78, 5) is 15.2. The van der Waals surface area contributed by atoms with Gasteiger partial charge in [-0.3, -0.25) is 4.90 Å². The predicted molar refractivity (Wildman–Crippen MR) is 102 cm³/mol. The highest BCUT2D eigenvalue weighted by Gasteiger charge is 2.66.